The van der Waals surface area contributed by atoms with E-state index in [9.17, 15) is 4.79 Å². The fraction of sp³-hybridized carbons (Fsp3) is 0.364. The minimum Gasteiger partial charge on any atom is -0.467 e. The van der Waals surface area contributed by atoms with E-state index in [4.69, 9.17) is 0 Å². The zero-order valence-electron chi connectivity index (χ0n) is 9.97. The Bertz CT molecular complexity index is 549. The summed E-state index contributed by atoms with van der Waals surface area (Å²) >= 11 is 0. The summed E-state index contributed by atoms with van der Waals surface area (Å²) in [5.41, 5.74) is 1.72. The fourth-order valence-corrected chi connectivity index (χ4v) is 1.53. The van der Waals surface area contributed by atoms with E-state index in [1.165, 1.54) is 7.11 Å². The Morgan fingerprint density at radius 1 is 1.53 bits per heavy atom. The van der Waals surface area contributed by atoms with Crippen LogP contribution in [-0.4, -0.2) is 33.7 Å². The molecule has 0 aliphatic heterocycles. The van der Waals surface area contributed by atoms with Gasteiger partial charge in [-0.05, 0) is 26.0 Å². The van der Waals surface area contributed by atoms with E-state index in [0.717, 1.165) is 11.3 Å². The molecule has 0 bridgehead atoms. The van der Waals surface area contributed by atoms with Crippen molar-refractivity contribution in [1.82, 2.24) is 14.6 Å². The van der Waals surface area contributed by atoms with E-state index >= 15 is 0 Å². The van der Waals surface area contributed by atoms with Gasteiger partial charge in [0.2, 0.25) is 5.95 Å². The SMILES string of the molecule is COC(=O)C(C)Nc1nc2cccc(C)n2n1. The molecule has 0 amide bonds. The molecule has 2 rings (SSSR count). The van der Waals surface area contributed by atoms with Crippen LogP contribution in [-0.2, 0) is 9.53 Å². The Morgan fingerprint density at radius 3 is 2.94 bits per heavy atom. The minimum absolute atomic E-state index is 0.347. The average Bonchev–Trinajstić information content (AvgIpc) is 2.72. The summed E-state index contributed by atoms with van der Waals surface area (Å²) in [6.07, 6.45) is 0. The molecule has 6 nitrogen and oxygen atoms in total. The van der Waals surface area contributed by atoms with Crippen molar-refractivity contribution in [3.63, 3.8) is 0 Å². The lowest BCUT2D eigenvalue weighted by Crippen LogP contribution is -2.27. The number of nitrogens with zero attached hydrogens (tertiary/aromatic N) is 3. The number of hydrogen-bond donors (Lipinski definition) is 1. The zero-order chi connectivity index (χ0) is 12.4. The van der Waals surface area contributed by atoms with Gasteiger partial charge in [-0.1, -0.05) is 6.07 Å². The Labute approximate surface area is 98.6 Å². The third-order valence-electron chi connectivity index (χ3n) is 2.45. The molecule has 1 atom stereocenters. The number of methoxy groups -OCH3 is 1. The number of nitrogens with one attached hydrogen (secondary N) is 1. The van der Waals surface area contributed by atoms with Gasteiger partial charge in [0.05, 0.1) is 7.11 Å². The normalized spacial score (nSPS) is 12.4. The summed E-state index contributed by atoms with van der Waals surface area (Å²) in [6.45, 7) is 3.64. The van der Waals surface area contributed by atoms with Crippen molar-refractivity contribution in [3.8, 4) is 0 Å². The van der Waals surface area contributed by atoms with Crippen LogP contribution < -0.4 is 5.32 Å². The largest absolute Gasteiger partial charge is 0.467 e. The van der Waals surface area contributed by atoms with Crippen LogP contribution in [0.15, 0.2) is 18.2 Å². The first kappa shape index (κ1) is 11.4. The molecule has 0 saturated carbocycles. The highest BCUT2D eigenvalue weighted by Crippen LogP contribution is 2.09. The van der Waals surface area contributed by atoms with Crippen LogP contribution in [0.1, 0.15) is 12.6 Å². The molecule has 0 aliphatic rings. The Balaban J connectivity index is 2.26. The number of fused-ring (bicyclic) bond motifs is 1. The molecule has 0 aliphatic carbocycles. The summed E-state index contributed by atoms with van der Waals surface area (Å²) in [6, 6.07) is 5.23. The predicted molar refractivity (Wildman–Crippen MR) is 62.8 cm³/mol. The van der Waals surface area contributed by atoms with Gasteiger partial charge in [0.25, 0.3) is 0 Å². The van der Waals surface area contributed by atoms with Crippen molar-refractivity contribution in [1.29, 1.82) is 0 Å². The zero-order valence-corrected chi connectivity index (χ0v) is 9.97. The number of ether oxygens (including phenoxy) is 1. The molecule has 0 aromatic carbocycles. The van der Waals surface area contributed by atoms with Gasteiger partial charge < -0.3 is 10.1 Å². The summed E-state index contributed by atoms with van der Waals surface area (Å²) < 4.78 is 6.33. The second-order valence-electron chi connectivity index (χ2n) is 3.76. The number of carbonyl (C=O) groups is 1. The van der Waals surface area contributed by atoms with Gasteiger partial charge in [-0.25, -0.2) is 9.31 Å². The summed E-state index contributed by atoms with van der Waals surface area (Å²) in [5, 5.41) is 7.15. The van der Waals surface area contributed by atoms with E-state index in [-0.39, 0.29) is 5.97 Å². The number of pyridine rings is 1. The van der Waals surface area contributed by atoms with Gasteiger partial charge in [-0.2, -0.15) is 4.98 Å². The molecule has 17 heavy (non-hydrogen) atoms. The van der Waals surface area contributed by atoms with Gasteiger partial charge in [0, 0.05) is 5.69 Å². The van der Waals surface area contributed by atoms with Gasteiger partial charge in [-0.3, -0.25) is 0 Å². The Hall–Kier alpha value is -2.11. The van der Waals surface area contributed by atoms with Crippen molar-refractivity contribution in [2.75, 3.05) is 12.4 Å². The van der Waals surface area contributed by atoms with E-state index in [1.807, 2.05) is 25.1 Å². The van der Waals surface area contributed by atoms with E-state index in [1.54, 1.807) is 11.4 Å². The summed E-state index contributed by atoms with van der Waals surface area (Å²) in [4.78, 5) is 15.5. The maximum atomic E-state index is 11.3. The molecule has 1 unspecified atom stereocenters. The van der Waals surface area contributed by atoms with Crippen molar-refractivity contribution in [2.45, 2.75) is 19.9 Å². The minimum atomic E-state index is -0.474. The lowest BCUT2D eigenvalue weighted by Gasteiger charge is -2.08. The van der Waals surface area contributed by atoms with E-state index < -0.39 is 6.04 Å². The third-order valence-corrected chi connectivity index (χ3v) is 2.45. The molecule has 0 spiro atoms. The highest BCUT2D eigenvalue weighted by molar-refractivity contribution is 5.78. The maximum absolute atomic E-state index is 11.3. The molecular weight excluding hydrogens is 220 g/mol. The van der Waals surface area contributed by atoms with Crippen molar-refractivity contribution in [3.05, 3.63) is 23.9 Å². The van der Waals surface area contributed by atoms with Crippen LogP contribution >= 0.6 is 0 Å². The number of carbonyl (C=O) groups excluding carboxylic acids is 1. The van der Waals surface area contributed by atoms with Gasteiger partial charge >= 0.3 is 5.97 Å². The van der Waals surface area contributed by atoms with E-state index in [0.29, 0.717) is 5.95 Å². The van der Waals surface area contributed by atoms with Crippen molar-refractivity contribution >= 4 is 17.6 Å². The fourth-order valence-electron chi connectivity index (χ4n) is 1.53. The van der Waals surface area contributed by atoms with Crippen LogP contribution in [0.5, 0.6) is 0 Å². The highest BCUT2D eigenvalue weighted by atomic mass is 16.5. The van der Waals surface area contributed by atoms with Crippen LogP contribution in [0.4, 0.5) is 5.95 Å². The van der Waals surface area contributed by atoms with Gasteiger partial charge in [0.15, 0.2) is 5.65 Å². The lowest BCUT2D eigenvalue weighted by atomic mass is 10.3. The number of esters is 1. The molecule has 2 heterocycles. The molecule has 0 radical (unpaired) electrons. The first-order valence-corrected chi connectivity index (χ1v) is 5.28. The van der Waals surface area contributed by atoms with Crippen LogP contribution in [0.3, 0.4) is 0 Å². The van der Waals surface area contributed by atoms with E-state index in [2.05, 4.69) is 20.1 Å². The van der Waals surface area contributed by atoms with Crippen LogP contribution in [0.25, 0.3) is 5.65 Å². The monoisotopic (exact) mass is 234 g/mol. The van der Waals surface area contributed by atoms with Gasteiger partial charge in [0.1, 0.15) is 6.04 Å². The number of anilines is 1. The van der Waals surface area contributed by atoms with Crippen LogP contribution in [0, 0.1) is 6.92 Å². The van der Waals surface area contributed by atoms with Gasteiger partial charge in [-0.15, -0.1) is 5.10 Å². The quantitative estimate of drug-likeness (QED) is 0.803. The second-order valence-corrected chi connectivity index (χ2v) is 3.76. The topological polar surface area (TPSA) is 68.5 Å². The number of aryl methyl sites for hydroxylation is 1. The highest BCUT2D eigenvalue weighted by Gasteiger charge is 2.15. The molecular formula is C11H14N4O2. The molecule has 90 valence electrons. The first-order chi connectivity index (χ1) is 8.11. The molecule has 1 N–H and O–H groups in total. The Kier molecular flexibility index (Phi) is 2.95. The first-order valence-electron chi connectivity index (χ1n) is 5.28. The third kappa shape index (κ3) is 2.20. The van der Waals surface area contributed by atoms with Crippen LogP contribution in [0.2, 0.25) is 0 Å². The maximum Gasteiger partial charge on any atom is 0.328 e. The number of aromatic nitrogens is 3. The summed E-state index contributed by atoms with van der Waals surface area (Å²) in [7, 11) is 1.35. The molecule has 2 aromatic heterocycles. The Morgan fingerprint density at radius 2 is 2.29 bits per heavy atom. The smallest absolute Gasteiger partial charge is 0.328 e. The number of rotatable bonds is 3. The lowest BCUT2D eigenvalue weighted by molar-refractivity contribution is -0.141. The standard InChI is InChI=1S/C11H14N4O2/c1-7-5-4-6-9-13-11(14-15(7)9)12-8(2)10(16)17-3/h4-6,8H,1-3H3,(H,12,14). The van der Waals surface area contributed by atoms with Crippen molar-refractivity contribution < 1.29 is 9.53 Å². The second kappa shape index (κ2) is 4.40. The molecule has 6 heteroatoms. The molecule has 2 aromatic rings. The van der Waals surface area contributed by atoms with Crippen molar-refractivity contribution in [2.24, 2.45) is 0 Å². The molecule has 0 fully saturated rings. The molecule has 0 saturated heterocycles. The average molecular weight is 234 g/mol. The predicted octanol–water partition coefficient (Wildman–Crippen LogP) is 1.01. The number of hydrogen-bond acceptors (Lipinski definition) is 5. The summed E-state index contributed by atoms with van der Waals surface area (Å²) in [5.74, 6) is 0.0674.